The summed E-state index contributed by atoms with van der Waals surface area (Å²) in [6.07, 6.45) is -6.43. The lowest BCUT2D eigenvalue weighted by atomic mass is 10.0. The molecule has 0 radical (unpaired) electrons. The minimum Gasteiger partial charge on any atom is -0.477 e. The van der Waals surface area contributed by atoms with Crippen molar-refractivity contribution in [1.82, 2.24) is 0 Å². The smallest absolute Gasteiger partial charge is 0.416 e. The summed E-state index contributed by atoms with van der Waals surface area (Å²) in [6, 6.07) is 2.21. The molecule has 0 bridgehead atoms. The summed E-state index contributed by atoms with van der Waals surface area (Å²) in [5.41, 5.74) is -2.18. The summed E-state index contributed by atoms with van der Waals surface area (Å²) in [4.78, 5) is 10.2. The van der Waals surface area contributed by atoms with Crippen molar-refractivity contribution in [3.8, 4) is 0 Å². The molecule has 0 saturated carbocycles. The van der Waals surface area contributed by atoms with E-state index in [1.54, 1.807) is 0 Å². The van der Waals surface area contributed by atoms with E-state index in [1.807, 2.05) is 0 Å². The molecule has 18 heavy (non-hydrogen) atoms. The minimum atomic E-state index is -4.88. The Morgan fingerprint density at radius 3 is 2.22 bits per heavy atom. The SMILES string of the molecule is O=C(O)C(F)(F)Cc1ccc(Cl)cc1C(F)(F)F. The highest BCUT2D eigenvalue weighted by Gasteiger charge is 2.42. The van der Waals surface area contributed by atoms with Crippen molar-refractivity contribution in [3.63, 3.8) is 0 Å². The average molecular weight is 289 g/mol. The Morgan fingerprint density at radius 2 is 1.78 bits per heavy atom. The van der Waals surface area contributed by atoms with E-state index in [1.165, 1.54) is 0 Å². The van der Waals surface area contributed by atoms with Gasteiger partial charge in [-0.25, -0.2) is 4.79 Å². The van der Waals surface area contributed by atoms with Gasteiger partial charge in [-0.15, -0.1) is 0 Å². The number of aliphatic carboxylic acids is 1. The van der Waals surface area contributed by atoms with Crippen LogP contribution in [0, 0.1) is 0 Å². The molecule has 1 N–H and O–H groups in total. The van der Waals surface area contributed by atoms with Gasteiger partial charge in [-0.2, -0.15) is 22.0 Å². The number of halogens is 6. The van der Waals surface area contributed by atoms with E-state index in [-0.39, 0.29) is 5.02 Å². The van der Waals surface area contributed by atoms with Gasteiger partial charge in [0.25, 0.3) is 0 Å². The lowest BCUT2D eigenvalue weighted by Crippen LogP contribution is -2.31. The number of hydrogen-bond acceptors (Lipinski definition) is 1. The highest BCUT2D eigenvalue weighted by atomic mass is 35.5. The van der Waals surface area contributed by atoms with E-state index in [2.05, 4.69) is 0 Å². The van der Waals surface area contributed by atoms with Crippen molar-refractivity contribution < 1.29 is 31.9 Å². The van der Waals surface area contributed by atoms with Gasteiger partial charge in [-0.1, -0.05) is 17.7 Å². The maximum Gasteiger partial charge on any atom is 0.416 e. The molecule has 0 aliphatic heterocycles. The van der Waals surface area contributed by atoms with E-state index < -0.39 is 35.6 Å². The lowest BCUT2D eigenvalue weighted by molar-refractivity contribution is -0.165. The van der Waals surface area contributed by atoms with E-state index in [9.17, 15) is 26.7 Å². The fraction of sp³-hybridized carbons (Fsp3) is 0.300. The summed E-state index contributed by atoms with van der Waals surface area (Å²) in [7, 11) is 0. The van der Waals surface area contributed by atoms with Crippen molar-refractivity contribution in [2.45, 2.75) is 18.5 Å². The summed E-state index contributed by atoms with van der Waals surface area (Å²) in [6.45, 7) is 0. The number of carbonyl (C=O) groups is 1. The van der Waals surface area contributed by atoms with Crippen molar-refractivity contribution in [2.24, 2.45) is 0 Å². The van der Waals surface area contributed by atoms with Crippen LogP contribution in [-0.4, -0.2) is 17.0 Å². The summed E-state index contributed by atoms with van der Waals surface area (Å²) >= 11 is 5.35. The molecule has 0 fully saturated rings. The molecule has 0 aliphatic rings. The molecule has 0 amide bonds. The first kappa shape index (κ1) is 14.7. The van der Waals surface area contributed by atoms with Gasteiger partial charge in [0, 0.05) is 11.4 Å². The zero-order valence-corrected chi connectivity index (χ0v) is 9.32. The van der Waals surface area contributed by atoms with Crippen LogP contribution in [-0.2, 0) is 17.4 Å². The number of hydrogen-bond donors (Lipinski definition) is 1. The molecule has 0 aromatic heterocycles. The Morgan fingerprint density at radius 1 is 1.22 bits per heavy atom. The van der Waals surface area contributed by atoms with Crippen LogP contribution in [0.25, 0.3) is 0 Å². The number of rotatable bonds is 3. The lowest BCUT2D eigenvalue weighted by Gasteiger charge is -2.16. The third kappa shape index (κ3) is 3.32. The standard InChI is InChI=1S/C10H6ClF5O2/c11-6-2-1-5(4-9(12,13)8(17)18)7(3-6)10(14,15)16/h1-3H,4H2,(H,17,18). The van der Waals surface area contributed by atoms with Gasteiger partial charge < -0.3 is 5.11 Å². The third-order valence-corrected chi connectivity index (χ3v) is 2.34. The maximum atomic E-state index is 12.9. The van der Waals surface area contributed by atoms with Crippen LogP contribution in [0.3, 0.4) is 0 Å². The van der Waals surface area contributed by atoms with E-state index >= 15 is 0 Å². The Kier molecular flexibility index (Phi) is 3.85. The van der Waals surface area contributed by atoms with Crippen LogP contribution in [0.4, 0.5) is 22.0 Å². The number of benzene rings is 1. The van der Waals surface area contributed by atoms with Crippen molar-refractivity contribution in [1.29, 1.82) is 0 Å². The second-order valence-electron chi connectivity index (χ2n) is 3.49. The molecule has 8 heteroatoms. The molecule has 0 heterocycles. The first-order valence-electron chi connectivity index (χ1n) is 4.51. The predicted octanol–water partition coefficient (Wildman–Crippen LogP) is 3.62. The van der Waals surface area contributed by atoms with E-state index in [0.717, 1.165) is 12.1 Å². The molecule has 0 aliphatic carbocycles. The second-order valence-corrected chi connectivity index (χ2v) is 3.92. The van der Waals surface area contributed by atoms with Crippen LogP contribution >= 0.6 is 11.6 Å². The van der Waals surface area contributed by atoms with Gasteiger partial charge in [0.05, 0.1) is 5.56 Å². The summed E-state index contributed by atoms with van der Waals surface area (Å²) < 4.78 is 63.5. The summed E-state index contributed by atoms with van der Waals surface area (Å²) in [5.74, 6) is -6.75. The number of alkyl halides is 5. The predicted molar refractivity (Wildman–Crippen MR) is 52.7 cm³/mol. The topological polar surface area (TPSA) is 37.3 Å². The Balaban J connectivity index is 3.22. The molecule has 1 aromatic carbocycles. The molecule has 1 aromatic rings. The van der Waals surface area contributed by atoms with Crippen molar-refractivity contribution in [2.75, 3.05) is 0 Å². The monoisotopic (exact) mass is 288 g/mol. The average Bonchev–Trinajstić information content (AvgIpc) is 2.18. The molecular formula is C10H6ClF5O2. The van der Waals surface area contributed by atoms with Crippen LogP contribution in [0.2, 0.25) is 5.02 Å². The molecule has 100 valence electrons. The first-order chi connectivity index (χ1) is 8.04. The van der Waals surface area contributed by atoms with Gasteiger partial charge >= 0.3 is 18.1 Å². The van der Waals surface area contributed by atoms with Crippen LogP contribution < -0.4 is 0 Å². The third-order valence-electron chi connectivity index (χ3n) is 2.10. The van der Waals surface area contributed by atoms with Crippen LogP contribution in [0.1, 0.15) is 11.1 Å². The molecule has 0 spiro atoms. The first-order valence-corrected chi connectivity index (χ1v) is 4.88. The zero-order chi connectivity index (χ0) is 14.1. The van der Waals surface area contributed by atoms with E-state index in [4.69, 9.17) is 16.7 Å². The van der Waals surface area contributed by atoms with E-state index in [0.29, 0.717) is 6.07 Å². The minimum absolute atomic E-state index is 0.273. The quantitative estimate of drug-likeness (QED) is 0.863. The number of carboxylic acid groups (broad SMARTS) is 1. The fourth-order valence-corrected chi connectivity index (χ4v) is 1.45. The highest BCUT2D eigenvalue weighted by Crippen LogP contribution is 2.36. The van der Waals surface area contributed by atoms with Gasteiger partial charge in [-0.05, 0) is 17.7 Å². The molecule has 2 nitrogen and oxygen atoms in total. The van der Waals surface area contributed by atoms with Crippen molar-refractivity contribution in [3.05, 3.63) is 34.3 Å². The summed E-state index contributed by atoms with van der Waals surface area (Å²) in [5, 5.41) is 7.92. The molecule has 0 atom stereocenters. The van der Waals surface area contributed by atoms with Gasteiger partial charge in [0.1, 0.15) is 0 Å². The Hall–Kier alpha value is -1.37. The molecule has 0 saturated heterocycles. The van der Waals surface area contributed by atoms with Crippen molar-refractivity contribution >= 4 is 17.6 Å². The Labute approximate surface area is 103 Å². The van der Waals surface area contributed by atoms with Crippen LogP contribution in [0.5, 0.6) is 0 Å². The van der Waals surface area contributed by atoms with Gasteiger partial charge in [0.2, 0.25) is 0 Å². The zero-order valence-electron chi connectivity index (χ0n) is 8.56. The fourth-order valence-electron chi connectivity index (χ4n) is 1.28. The largest absolute Gasteiger partial charge is 0.477 e. The van der Waals surface area contributed by atoms with Crippen LogP contribution in [0.15, 0.2) is 18.2 Å². The normalized spacial score (nSPS) is 12.6. The van der Waals surface area contributed by atoms with Gasteiger partial charge in [0.15, 0.2) is 0 Å². The van der Waals surface area contributed by atoms with Gasteiger partial charge in [-0.3, -0.25) is 0 Å². The number of carboxylic acids is 1. The molecular weight excluding hydrogens is 283 g/mol. The molecule has 0 unspecified atom stereocenters. The maximum absolute atomic E-state index is 12.9. The second kappa shape index (κ2) is 4.72. The molecule has 1 rings (SSSR count). The Bertz CT molecular complexity index is 470. The highest BCUT2D eigenvalue weighted by molar-refractivity contribution is 6.30.